The van der Waals surface area contributed by atoms with Crippen LogP contribution < -0.4 is 0 Å². The molecule has 3 heterocycles. The SMILES string of the molecule is OCC1COB(OCC2COB(OC3COB(O)OC3)O2)O1. The quantitative estimate of drug-likeness (QED) is 0.498. The first-order valence-corrected chi connectivity index (χ1v) is 7.06. The highest BCUT2D eigenvalue weighted by atomic mass is 16.8. The van der Waals surface area contributed by atoms with Gasteiger partial charge in [0.25, 0.3) is 0 Å². The summed E-state index contributed by atoms with van der Waals surface area (Å²) in [5.74, 6) is 0. The molecular weight excluding hydrogens is 301 g/mol. The Balaban J connectivity index is 1.31. The van der Waals surface area contributed by atoms with Gasteiger partial charge in [-0.15, -0.1) is 0 Å². The smallest absolute Gasteiger partial charge is 0.402 e. The summed E-state index contributed by atoms with van der Waals surface area (Å²) in [6.07, 6.45) is -1.05. The number of hydrogen-bond donors (Lipinski definition) is 2. The normalized spacial score (nSPS) is 30.5. The third-order valence-electron chi connectivity index (χ3n) is 3.22. The molecule has 3 fully saturated rings. The monoisotopic (exact) mass is 318 g/mol. The Labute approximate surface area is 128 Å². The van der Waals surface area contributed by atoms with Crippen molar-refractivity contribution in [1.29, 1.82) is 0 Å². The van der Waals surface area contributed by atoms with Crippen LogP contribution in [0, 0.1) is 0 Å². The highest BCUT2D eigenvalue weighted by Gasteiger charge is 2.40. The summed E-state index contributed by atoms with van der Waals surface area (Å²) in [4.78, 5) is 0. The van der Waals surface area contributed by atoms with Gasteiger partial charge in [-0.05, 0) is 0 Å². The molecule has 0 aromatic rings. The van der Waals surface area contributed by atoms with Gasteiger partial charge < -0.3 is 47.4 Å². The Bertz CT molecular complexity index is 344. The lowest BCUT2D eigenvalue weighted by Crippen LogP contribution is -2.43. The van der Waals surface area contributed by atoms with E-state index in [1.54, 1.807) is 0 Å². The van der Waals surface area contributed by atoms with Crippen molar-refractivity contribution < 1.29 is 47.4 Å². The number of aliphatic hydroxyl groups excluding tert-OH is 1. The van der Waals surface area contributed by atoms with Crippen LogP contribution in [-0.2, 0) is 37.2 Å². The van der Waals surface area contributed by atoms with E-state index in [0.29, 0.717) is 13.2 Å². The van der Waals surface area contributed by atoms with E-state index in [0.717, 1.165) is 0 Å². The van der Waals surface area contributed by atoms with Crippen molar-refractivity contribution in [2.75, 3.05) is 39.6 Å². The van der Waals surface area contributed by atoms with E-state index in [-0.39, 0.29) is 44.7 Å². The molecule has 3 saturated heterocycles. The molecule has 0 aromatic carbocycles. The summed E-state index contributed by atoms with van der Waals surface area (Å²) in [7, 11) is -2.85. The second-order valence-corrected chi connectivity index (χ2v) is 5.01. The molecule has 22 heavy (non-hydrogen) atoms. The van der Waals surface area contributed by atoms with E-state index in [1.807, 2.05) is 0 Å². The molecule has 0 bridgehead atoms. The maximum atomic E-state index is 9.02. The van der Waals surface area contributed by atoms with Gasteiger partial charge in [0.15, 0.2) is 0 Å². The van der Waals surface area contributed by atoms with Crippen molar-refractivity contribution in [3.63, 3.8) is 0 Å². The van der Waals surface area contributed by atoms with E-state index in [2.05, 4.69) is 0 Å². The molecule has 3 aliphatic rings. The molecule has 2 unspecified atom stereocenters. The van der Waals surface area contributed by atoms with Gasteiger partial charge in [0.05, 0.1) is 58.0 Å². The van der Waals surface area contributed by atoms with Gasteiger partial charge in [-0.3, -0.25) is 0 Å². The lowest BCUT2D eigenvalue weighted by molar-refractivity contribution is -0.0278. The minimum atomic E-state index is -1.21. The molecule has 0 aromatic heterocycles. The summed E-state index contributed by atoms with van der Waals surface area (Å²) in [5.41, 5.74) is 0. The Kier molecular flexibility index (Phi) is 6.10. The molecule has 3 rings (SSSR count). The first kappa shape index (κ1) is 16.6. The van der Waals surface area contributed by atoms with Crippen molar-refractivity contribution >= 4 is 22.0 Å². The van der Waals surface area contributed by atoms with Crippen LogP contribution in [-0.4, -0.2) is 90.0 Å². The molecule has 2 N–H and O–H groups in total. The lowest BCUT2D eigenvalue weighted by Gasteiger charge is -2.25. The molecule has 0 radical (unpaired) electrons. The average molecular weight is 318 g/mol. The fraction of sp³-hybridized carbons (Fsp3) is 1.00. The summed E-state index contributed by atoms with van der Waals surface area (Å²) in [6.45, 7) is 1.08. The predicted molar refractivity (Wildman–Crippen MR) is 70.9 cm³/mol. The molecule has 0 aliphatic carbocycles. The highest BCUT2D eigenvalue weighted by molar-refractivity contribution is 6.38. The van der Waals surface area contributed by atoms with E-state index < -0.39 is 22.0 Å². The molecular formula is C9H17B3O10. The van der Waals surface area contributed by atoms with Gasteiger partial charge in [-0.25, -0.2) is 0 Å². The fourth-order valence-electron chi connectivity index (χ4n) is 2.08. The van der Waals surface area contributed by atoms with Crippen LogP contribution in [0.3, 0.4) is 0 Å². The Morgan fingerprint density at radius 3 is 2.32 bits per heavy atom. The largest absolute Gasteiger partial charge is 0.640 e. The van der Waals surface area contributed by atoms with Crippen LogP contribution in [0.5, 0.6) is 0 Å². The first-order valence-electron chi connectivity index (χ1n) is 7.06. The molecule has 0 saturated carbocycles. The molecule has 13 heteroatoms. The van der Waals surface area contributed by atoms with Gasteiger partial charge in [0, 0.05) is 0 Å². The highest BCUT2D eigenvalue weighted by Crippen LogP contribution is 2.15. The van der Waals surface area contributed by atoms with Crippen LogP contribution in [0.1, 0.15) is 0 Å². The molecule has 3 aliphatic heterocycles. The van der Waals surface area contributed by atoms with Crippen molar-refractivity contribution in [3.8, 4) is 0 Å². The zero-order valence-corrected chi connectivity index (χ0v) is 11.9. The Hall–Kier alpha value is -0.205. The Morgan fingerprint density at radius 1 is 0.909 bits per heavy atom. The fourth-order valence-corrected chi connectivity index (χ4v) is 2.08. The third kappa shape index (κ3) is 4.65. The van der Waals surface area contributed by atoms with Gasteiger partial charge in [0.1, 0.15) is 0 Å². The van der Waals surface area contributed by atoms with Gasteiger partial charge in [-0.2, -0.15) is 0 Å². The first-order chi connectivity index (χ1) is 10.7. The minimum absolute atomic E-state index is 0.112. The van der Waals surface area contributed by atoms with Gasteiger partial charge in [-0.1, -0.05) is 0 Å². The second-order valence-electron chi connectivity index (χ2n) is 5.01. The lowest BCUT2D eigenvalue weighted by atomic mass is 10.1. The standard InChI is InChI=1S/C9H17B3O10/c13-1-7-2-17-11(20-7)18-5-9-6-19-12(22-9)21-8-3-15-10(14)16-4-8/h7-9,13-14H,1-6H2. The van der Waals surface area contributed by atoms with Crippen LogP contribution in [0.4, 0.5) is 0 Å². The number of rotatable bonds is 6. The predicted octanol–water partition coefficient (Wildman–Crippen LogP) is -2.79. The number of aliphatic hydroxyl groups is 1. The summed E-state index contributed by atoms with van der Waals surface area (Å²) in [5, 5.41) is 17.9. The second kappa shape index (κ2) is 8.06. The summed E-state index contributed by atoms with van der Waals surface area (Å²) in [6, 6.07) is 0. The zero-order chi connectivity index (χ0) is 15.4. The molecule has 0 amide bonds. The van der Waals surface area contributed by atoms with Crippen molar-refractivity contribution in [2.24, 2.45) is 0 Å². The van der Waals surface area contributed by atoms with E-state index >= 15 is 0 Å². The van der Waals surface area contributed by atoms with E-state index in [9.17, 15) is 0 Å². The Morgan fingerprint density at radius 2 is 1.59 bits per heavy atom. The van der Waals surface area contributed by atoms with Gasteiger partial charge in [0.2, 0.25) is 0 Å². The van der Waals surface area contributed by atoms with Crippen molar-refractivity contribution in [3.05, 3.63) is 0 Å². The van der Waals surface area contributed by atoms with E-state index in [4.69, 9.17) is 47.4 Å². The maximum Gasteiger partial charge on any atom is 0.640 e. The number of hydrogen-bond acceptors (Lipinski definition) is 10. The maximum absolute atomic E-state index is 9.02. The van der Waals surface area contributed by atoms with Gasteiger partial charge >= 0.3 is 22.0 Å². The van der Waals surface area contributed by atoms with Crippen molar-refractivity contribution in [1.82, 2.24) is 0 Å². The average Bonchev–Trinajstić information content (AvgIpc) is 3.16. The molecule has 122 valence electrons. The van der Waals surface area contributed by atoms with Crippen LogP contribution in [0.25, 0.3) is 0 Å². The topological polar surface area (TPSA) is 114 Å². The molecule has 10 nitrogen and oxygen atoms in total. The molecule has 0 spiro atoms. The van der Waals surface area contributed by atoms with E-state index in [1.165, 1.54) is 0 Å². The van der Waals surface area contributed by atoms with Crippen LogP contribution >= 0.6 is 0 Å². The summed E-state index contributed by atoms with van der Waals surface area (Å²) < 4.78 is 41.9. The zero-order valence-electron chi connectivity index (χ0n) is 11.9. The van der Waals surface area contributed by atoms with Crippen LogP contribution in [0.15, 0.2) is 0 Å². The van der Waals surface area contributed by atoms with Crippen molar-refractivity contribution in [2.45, 2.75) is 18.3 Å². The summed E-state index contributed by atoms with van der Waals surface area (Å²) >= 11 is 0. The third-order valence-corrected chi connectivity index (χ3v) is 3.22. The molecule has 2 atom stereocenters. The minimum Gasteiger partial charge on any atom is -0.402 e. The van der Waals surface area contributed by atoms with Crippen LogP contribution in [0.2, 0.25) is 0 Å².